The van der Waals surface area contributed by atoms with E-state index in [1.165, 1.54) is 0 Å². The van der Waals surface area contributed by atoms with Crippen molar-refractivity contribution in [3.63, 3.8) is 0 Å². The maximum atomic E-state index is 12.6. The normalized spacial score (nSPS) is 23.0. The lowest BCUT2D eigenvalue weighted by Crippen LogP contribution is -2.52. The van der Waals surface area contributed by atoms with E-state index in [0.29, 0.717) is 0 Å². The molecule has 0 saturated carbocycles. The van der Waals surface area contributed by atoms with Crippen molar-refractivity contribution in [1.82, 2.24) is 4.31 Å². The number of carboxylic acid groups (broad SMARTS) is 1. The minimum Gasteiger partial charge on any atom is -0.480 e. The summed E-state index contributed by atoms with van der Waals surface area (Å²) >= 11 is 0. The van der Waals surface area contributed by atoms with Crippen LogP contribution in [0.3, 0.4) is 0 Å². The van der Waals surface area contributed by atoms with Crippen LogP contribution in [-0.2, 0) is 14.8 Å². The predicted octanol–water partition coefficient (Wildman–Crippen LogP) is 1.15. The van der Waals surface area contributed by atoms with Crippen molar-refractivity contribution in [2.24, 2.45) is 5.73 Å². The molecule has 0 bridgehead atoms. The van der Waals surface area contributed by atoms with Crippen molar-refractivity contribution < 1.29 is 36.2 Å². The smallest absolute Gasteiger partial charge is 0.480 e. The molecule has 1 aromatic carbocycles. The van der Waals surface area contributed by atoms with Gasteiger partial charge in [-0.1, -0.05) is 0 Å². The molecule has 2 atom stereocenters. The topological polar surface area (TPSA) is 110 Å². The third-order valence-electron chi connectivity index (χ3n) is 3.54. The van der Waals surface area contributed by atoms with Crippen molar-refractivity contribution in [2.45, 2.75) is 36.2 Å². The first kappa shape index (κ1) is 18.5. The zero-order valence-electron chi connectivity index (χ0n) is 12.2. The Labute approximate surface area is 135 Å². The van der Waals surface area contributed by atoms with Gasteiger partial charge in [0.25, 0.3) is 0 Å². The summed E-state index contributed by atoms with van der Waals surface area (Å²) < 4.78 is 66.0. The molecule has 24 heavy (non-hydrogen) atoms. The Morgan fingerprint density at radius 1 is 1.29 bits per heavy atom. The minimum atomic E-state index is -4.89. The van der Waals surface area contributed by atoms with Crippen LogP contribution in [0.4, 0.5) is 13.2 Å². The van der Waals surface area contributed by atoms with Gasteiger partial charge in [0.05, 0.1) is 4.90 Å². The Hall–Kier alpha value is -1.85. The largest absolute Gasteiger partial charge is 0.573 e. The van der Waals surface area contributed by atoms with E-state index in [1.807, 2.05) is 0 Å². The van der Waals surface area contributed by atoms with E-state index in [9.17, 15) is 31.5 Å². The molecule has 0 aromatic heterocycles. The highest BCUT2D eigenvalue weighted by molar-refractivity contribution is 7.89. The number of hydrogen-bond acceptors (Lipinski definition) is 5. The third kappa shape index (κ3) is 4.16. The van der Waals surface area contributed by atoms with Crippen molar-refractivity contribution in [3.05, 3.63) is 24.3 Å². The highest BCUT2D eigenvalue weighted by atomic mass is 32.2. The maximum Gasteiger partial charge on any atom is 0.573 e. The first-order chi connectivity index (χ1) is 11.0. The van der Waals surface area contributed by atoms with Gasteiger partial charge in [-0.15, -0.1) is 13.2 Å². The lowest BCUT2D eigenvalue weighted by Gasteiger charge is -2.34. The standard InChI is InChI=1S/C13H15F3N2O5S/c14-13(15,16)23-9-1-3-10(4-2-9)24(21,22)18-6-5-8(17)7-11(18)12(19)20/h1-4,8,11H,5-7,17H2,(H,19,20)/t8-,11-/m1/s1. The van der Waals surface area contributed by atoms with Gasteiger partial charge in [-0.2, -0.15) is 4.31 Å². The van der Waals surface area contributed by atoms with Gasteiger partial charge in [0, 0.05) is 12.6 Å². The summed E-state index contributed by atoms with van der Waals surface area (Å²) in [6, 6.07) is 1.83. The van der Waals surface area contributed by atoms with Crippen LogP contribution < -0.4 is 10.5 Å². The van der Waals surface area contributed by atoms with E-state index < -0.39 is 40.2 Å². The molecule has 1 heterocycles. The van der Waals surface area contributed by atoms with Gasteiger partial charge in [0.15, 0.2) is 0 Å². The van der Waals surface area contributed by atoms with E-state index in [-0.39, 0.29) is 24.3 Å². The number of halogens is 3. The third-order valence-corrected chi connectivity index (χ3v) is 5.47. The fourth-order valence-electron chi connectivity index (χ4n) is 2.43. The fraction of sp³-hybridized carbons (Fsp3) is 0.462. The van der Waals surface area contributed by atoms with Crippen molar-refractivity contribution >= 4 is 16.0 Å². The molecule has 1 fully saturated rings. The molecule has 1 saturated heterocycles. The Morgan fingerprint density at radius 3 is 2.38 bits per heavy atom. The number of nitrogens with zero attached hydrogens (tertiary/aromatic N) is 1. The van der Waals surface area contributed by atoms with Gasteiger partial charge in [-0.3, -0.25) is 4.79 Å². The van der Waals surface area contributed by atoms with Crippen LogP contribution in [0.2, 0.25) is 0 Å². The van der Waals surface area contributed by atoms with Crippen molar-refractivity contribution in [1.29, 1.82) is 0 Å². The molecule has 7 nitrogen and oxygen atoms in total. The number of hydrogen-bond donors (Lipinski definition) is 2. The number of carbonyl (C=O) groups is 1. The number of benzene rings is 1. The van der Waals surface area contributed by atoms with Gasteiger partial charge < -0.3 is 15.6 Å². The molecule has 1 aliphatic rings. The highest BCUT2D eigenvalue weighted by Gasteiger charge is 2.40. The van der Waals surface area contributed by atoms with Crippen molar-refractivity contribution in [3.8, 4) is 5.75 Å². The minimum absolute atomic E-state index is 0.0379. The monoisotopic (exact) mass is 368 g/mol. The molecule has 0 amide bonds. The molecule has 2 rings (SSSR count). The van der Waals surface area contributed by atoms with E-state index in [0.717, 1.165) is 28.6 Å². The molecule has 1 aliphatic heterocycles. The van der Waals surface area contributed by atoms with E-state index in [2.05, 4.69) is 4.74 Å². The molecule has 0 aliphatic carbocycles. The molecule has 0 radical (unpaired) electrons. The summed E-state index contributed by atoms with van der Waals surface area (Å²) in [5.74, 6) is -1.90. The van der Waals surface area contributed by atoms with E-state index >= 15 is 0 Å². The quantitative estimate of drug-likeness (QED) is 0.825. The molecular weight excluding hydrogens is 353 g/mol. The second-order valence-corrected chi connectivity index (χ2v) is 7.16. The summed E-state index contributed by atoms with van der Waals surface area (Å²) in [4.78, 5) is 11.0. The predicted molar refractivity (Wildman–Crippen MR) is 75.7 cm³/mol. The summed E-state index contributed by atoms with van der Waals surface area (Å²) in [6.45, 7) is -0.0821. The van der Waals surface area contributed by atoms with E-state index in [1.54, 1.807) is 0 Å². The number of alkyl halides is 3. The van der Waals surface area contributed by atoms with Gasteiger partial charge >= 0.3 is 12.3 Å². The summed E-state index contributed by atoms with van der Waals surface area (Å²) in [5, 5.41) is 9.20. The molecule has 0 spiro atoms. The van der Waals surface area contributed by atoms with Crippen LogP contribution in [0.5, 0.6) is 5.75 Å². The number of nitrogens with two attached hydrogens (primary N) is 1. The number of ether oxygens (including phenoxy) is 1. The first-order valence-corrected chi connectivity index (χ1v) is 8.31. The Morgan fingerprint density at radius 2 is 1.88 bits per heavy atom. The Balaban J connectivity index is 2.27. The summed E-state index contributed by atoms with van der Waals surface area (Å²) in [7, 11) is -4.18. The van der Waals surface area contributed by atoms with Crippen LogP contribution in [0.25, 0.3) is 0 Å². The Kier molecular flexibility index (Phi) is 5.06. The molecular formula is C13H15F3N2O5S. The maximum absolute atomic E-state index is 12.6. The lowest BCUT2D eigenvalue weighted by atomic mass is 10.0. The molecule has 134 valence electrons. The highest BCUT2D eigenvalue weighted by Crippen LogP contribution is 2.28. The van der Waals surface area contributed by atoms with Gasteiger partial charge in [0.1, 0.15) is 11.8 Å². The second kappa shape index (κ2) is 6.57. The second-order valence-electron chi connectivity index (χ2n) is 5.27. The zero-order valence-corrected chi connectivity index (χ0v) is 13.0. The average Bonchev–Trinajstić information content (AvgIpc) is 2.45. The molecule has 3 N–H and O–H groups in total. The van der Waals surface area contributed by atoms with Crippen LogP contribution in [0, 0.1) is 0 Å². The first-order valence-electron chi connectivity index (χ1n) is 6.87. The molecule has 11 heteroatoms. The number of sulfonamides is 1. The van der Waals surface area contributed by atoms with Gasteiger partial charge in [0.2, 0.25) is 10.0 Å². The van der Waals surface area contributed by atoms with Crippen LogP contribution >= 0.6 is 0 Å². The lowest BCUT2D eigenvalue weighted by molar-refractivity contribution is -0.274. The number of rotatable bonds is 4. The van der Waals surface area contributed by atoms with Crippen LogP contribution in [0.1, 0.15) is 12.8 Å². The molecule has 1 aromatic rings. The molecule has 0 unspecified atom stereocenters. The number of carboxylic acids is 1. The zero-order chi connectivity index (χ0) is 18.1. The summed E-state index contributed by atoms with van der Waals surface area (Å²) in [6.07, 6.45) is -4.64. The van der Waals surface area contributed by atoms with Crippen molar-refractivity contribution in [2.75, 3.05) is 6.54 Å². The van der Waals surface area contributed by atoms with Gasteiger partial charge in [-0.25, -0.2) is 8.42 Å². The number of aliphatic carboxylic acids is 1. The van der Waals surface area contributed by atoms with Crippen LogP contribution in [-0.4, -0.2) is 48.8 Å². The van der Waals surface area contributed by atoms with E-state index in [4.69, 9.17) is 5.73 Å². The fourth-order valence-corrected chi connectivity index (χ4v) is 4.04. The SMILES string of the molecule is N[C@@H]1CCN(S(=O)(=O)c2ccc(OC(F)(F)F)cc2)[C@@H](C(=O)O)C1. The van der Waals surface area contributed by atoms with Gasteiger partial charge in [-0.05, 0) is 37.1 Å². The average molecular weight is 368 g/mol. The summed E-state index contributed by atoms with van der Waals surface area (Å²) in [5.41, 5.74) is 5.68. The number of piperidine rings is 1. The van der Waals surface area contributed by atoms with Crippen LogP contribution in [0.15, 0.2) is 29.2 Å². The Bertz CT molecular complexity index is 705.